The summed E-state index contributed by atoms with van der Waals surface area (Å²) < 4.78 is 0.669. The molecule has 7 heavy (non-hydrogen) atoms. The quantitative estimate of drug-likeness (QED) is 0.493. The standard InChI is InChI=1S/C4H11BIN/c1-4-7(3)5(2)6/h4H2,1-3H3. The van der Waals surface area contributed by atoms with Gasteiger partial charge in [0.2, 0.25) is 0 Å². The van der Waals surface area contributed by atoms with Crippen LogP contribution >= 0.6 is 22.4 Å². The van der Waals surface area contributed by atoms with Crippen LogP contribution < -0.4 is 0 Å². The summed E-state index contributed by atoms with van der Waals surface area (Å²) in [6.07, 6.45) is 0. The first-order chi connectivity index (χ1) is 3.18. The van der Waals surface area contributed by atoms with E-state index in [2.05, 4.69) is 48.0 Å². The van der Waals surface area contributed by atoms with Crippen molar-refractivity contribution in [1.29, 1.82) is 0 Å². The van der Waals surface area contributed by atoms with Crippen molar-refractivity contribution >= 4 is 27.1 Å². The number of hydrogen-bond donors (Lipinski definition) is 0. The zero-order valence-corrected chi connectivity index (χ0v) is 7.27. The summed E-state index contributed by atoms with van der Waals surface area (Å²) in [5.74, 6) is 0. The molecule has 0 N–H and O–H groups in total. The molecule has 0 aromatic carbocycles. The molecule has 0 bridgehead atoms. The first-order valence-corrected chi connectivity index (χ1v) is 3.77. The summed E-state index contributed by atoms with van der Waals surface area (Å²) in [6.45, 7) is 5.49. The Balaban J connectivity index is 3.14. The molecule has 0 aliphatic heterocycles. The Morgan fingerprint density at radius 3 is 2.14 bits per heavy atom. The minimum absolute atomic E-state index is 0.669. The van der Waals surface area contributed by atoms with Crippen LogP contribution in [-0.2, 0) is 0 Å². The molecular weight excluding hydrogens is 200 g/mol. The third-order valence-electron chi connectivity index (χ3n) is 1.11. The Labute approximate surface area is 59.4 Å². The normalized spacial score (nSPS) is 9.86. The lowest BCUT2D eigenvalue weighted by atomic mass is 9.97. The first kappa shape index (κ1) is 7.75. The van der Waals surface area contributed by atoms with Crippen molar-refractivity contribution in [2.45, 2.75) is 13.7 Å². The van der Waals surface area contributed by atoms with Crippen molar-refractivity contribution in [1.82, 2.24) is 4.81 Å². The van der Waals surface area contributed by atoms with Gasteiger partial charge < -0.3 is 4.81 Å². The highest BCUT2D eigenvalue weighted by Crippen LogP contribution is 1.96. The van der Waals surface area contributed by atoms with E-state index in [9.17, 15) is 0 Å². The van der Waals surface area contributed by atoms with Gasteiger partial charge in [-0.2, -0.15) is 0 Å². The average Bonchev–Trinajstić information content (AvgIpc) is 1.65. The lowest BCUT2D eigenvalue weighted by Crippen LogP contribution is -2.27. The Kier molecular flexibility index (Phi) is 4.12. The van der Waals surface area contributed by atoms with Gasteiger partial charge in [-0.05, 0) is 13.6 Å². The zero-order valence-electron chi connectivity index (χ0n) is 5.11. The van der Waals surface area contributed by atoms with Crippen LogP contribution in [0, 0.1) is 0 Å². The first-order valence-electron chi connectivity index (χ1n) is 2.52. The van der Waals surface area contributed by atoms with Gasteiger partial charge in [0.15, 0.2) is 0 Å². The van der Waals surface area contributed by atoms with Crippen LogP contribution in [-0.4, -0.2) is 23.1 Å². The predicted molar refractivity (Wildman–Crippen MR) is 43.9 cm³/mol. The van der Waals surface area contributed by atoms with E-state index in [4.69, 9.17) is 0 Å². The largest absolute Gasteiger partial charge is 0.336 e. The molecule has 42 valence electrons. The van der Waals surface area contributed by atoms with Gasteiger partial charge in [-0.1, -0.05) is 13.7 Å². The van der Waals surface area contributed by atoms with Crippen LogP contribution in [0.3, 0.4) is 0 Å². The summed E-state index contributed by atoms with van der Waals surface area (Å²) >= 11 is 2.39. The van der Waals surface area contributed by atoms with Crippen molar-refractivity contribution in [3.05, 3.63) is 0 Å². The Hall–Kier alpha value is 0.755. The highest BCUT2D eigenvalue weighted by Gasteiger charge is 2.04. The molecule has 0 radical (unpaired) electrons. The molecular formula is C4H11BIN. The maximum absolute atomic E-state index is 2.39. The third kappa shape index (κ3) is 3.35. The van der Waals surface area contributed by atoms with Crippen LogP contribution in [0.2, 0.25) is 6.82 Å². The SMILES string of the molecule is CCN(C)B(C)I. The fourth-order valence-corrected chi connectivity index (χ4v) is 0.645. The van der Waals surface area contributed by atoms with Gasteiger partial charge in [0.25, 0.3) is 4.70 Å². The minimum Gasteiger partial charge on any atom is -0.336 e. The number of hydrogen-bond acceptors (Lipinski definition) is 1. The molecule has 1 nitrogen and oxygen atoms in total. The summed E-state index contributed by atoms with van der Waals surface area (Å²) in [5.41, 5.74) is 0. The maximum atomic E-state index is 2.39. The molecule has 0 saturated carbocycles. The van der Waals surface area contributed by atoms with Crippen molar-refractivity contribution in [2.24, 2.45) is 0 Å². The maximum Gasteiger partial charge on any atom is 0.294 e. The Morgan fingerprint density at radius 1 is 1.71 bits per heavy atom. The van der Waals surface area contributed by atoms with Gasteiger partial charge in [0.05, 0.1) is 0 Å². The number of nitrogens with zero attached hydrogens (tertiary/aromatic N) is 1. The topological polar surface area (TPSA) is 3.24 Å². The van der Waals surface area contributed by atoms with E-state index >= 15 is 0 Å². The van der Waals surface area contributed by atoms with Crippen LogP contribution in [0.5, 0.6) is 0 Å². The van der Waals surface area contributed by atoms with E-state index in [-0.39, 0.29) is 0 Å². The monoisotopic (exact) mass is 211 g/mol. The molecule has 0 aromatic heterocycles. The molecule has 0 amide bonds. The Bertz CT molecular complexity index is 49.0. The van der Waals surface area contributed by atoms with Gasteiger partial charge in [-0.15, -0.1) is 22.4 Å². The summed E-state index contributed by atoms with van der Waals surface area (Å²) in [4.78, 5) is 2.28. The van der Waals surface area contributed by atoms with Gasteiger partial charge >= 0.3 is 0 Å². The van der Waals surface area contributed by atoms with Crippen LogP contribution in [0.15, 0.2) is 0 Å². The molecule has 0 aromatic rings. The summed E-state index contributed by atoms with van der Waals surface area (Å²) in [6, 6.07) is 0. The van der Waals surface area contributed by atoms with Gasteiger partial charge in [0, 0.05) is 0 Å². The van der Waals surface area contributed by atoms with Gasteiger partial charge in [0.1, 0.15) is 0 Å². The second-order valence-electron chi connectivity index (χ2n) is 1.65. The number of rotatable bonds is 2. The van der Waals surface area contributed by atoms with E-state index in [1.54, 1.807) is 0 Å². The summed E-state index contributed by atoms with van der Waals surface area (Å²) in [5, 5.41) is 0. The van der Waals surface area contributed by atoms with E-state index in [1.165, 1.54) is 0 Å². The lowest BCUT2D eigenvalue weighted by molar-refractivity contribution is 0.568. The van der Waals surface area contributed by atoms with Crippen molar-refractivity contribution < 1.29 is 0 Å². The molecule has 0 unspecified atom stereocenters. The van der Waals surface area contributed by atoms with E-state index in [0.29, 0.717) is 4.70 Å². The molecule has 0 heterocycles. The molecule has 0 atom stereocenters. The Morgan fingerprint density at radius 2 is 2.14 bits per heavy atom. The fourth-order valence-electron chi connectivity index (χ4n) is 0.252. The van der Waals surface area contributed by atoms with Crippen molar-refractivity contribution in [2.75, 3.05) is 13.6 Å². The van der Waals surface area contributed by atoms with Crippen LogP contribution in [0.1, 0.15) is 6.92 Å². The minimum atomic E-state index is 0.669. The highest BCUT2D eigenvalue weighted by molar-refractivity contribution is 14.1. The molecule has 0 aliphatic carbocycles. The molecule has 0 fully saturated rings. The van der Waals surface area contributed by atoms with Gasteiger partial charge in [-0.25, -0.2) is 0 Å². The second-order valence-corrected chi connectivity index (χ2v) is 3.45. The third-order valence-corrected chi connectivity index (χ3v) is 2.06. The number of halogens is 1. The molecule has 0 saturated heterocycles. The molecule has 0 rings (SSSR count). The van der Waals surface area contributed by atoms with E-state index in [1.807, 2.05) is 0 Å². The van der Waals surface area contributed by atoms with E-state index in [0.717, 1.165) is 6.54 Å². The fraction of sp³-hybridized carbons (Fsp3) is 1.00. The van der Waals surface area contributed by atoms with Gasteiger partial charge in [-0.3, -0.25) is 0 Å². The molecule has 3 heteroatoms. The second kappa shape index (κ2) is 3.72. The smallest absolute Gasteiger partial charge is 0.294 e. The van der Waals surface area contributed by atoms with Crippen molar-refractivity contribution in [3.63, 3.8) is 0 Å². The summed E-state index contributed by atoms with van der Waals surface area (Å²) in [7, 11) is 2.12. The highest BCUT2D eigenvalue weighted by atomic mass is 127. The zero-order chi connectivity index (χ0) is 5.86. The van der Waals surface area contributed by atoms with Crippen LogP contribution in [0.4, 0.5) is 0 Å². The van der Waals surface area contributed by atoms with Crippen LogP contribution in [0.25, 0.3) is 0 Å². The average molecular weight is 211 g/mol. The van der Waals surface area contributed by atoms with Crippen molar-refractivity contribution in [3.8, 4) is 0 Å². The predicted octanol–water partition coefficient (Wildman–Crippen LogP) is 1.49. The van der Waals surface area contributed by atoms with E-state index < -0.39 is 0 Å². The molecule has 0 spiro atoms. The lowest BCUT2D eigenvalue weighted by Gasteiger charge is -2.12. The molecule has 0 aliphatic rings.